The molecule has 4 heteroatoms. The van der Waals surface area contributed by atoms with Crippen LogP contribution in [0, 0.1) is 0 Å². The largest absolute Gasteiger partial charge is 0.506 e. The average Bonchev–Trinajstić information content (AvgIpc) is 2.78. The molecule has 0 aliphatic carbocycles. The van der Waals surface area contributed by atoms with E-state index in [0.29, 0.717) is 17.7 Å². The van der Waals surface area contributed by atoms with Crippen molar-refractivity contribution in [2.24, 2.45) is 0 Å². The lowest BCUT2D eigenvalue weighted by molar-refractivity contribution is 0.182. The Bertz CT molecular complexity index is 566. The lowest BCUT2D eigenvalue weighted by Crippen LogP contribution is -2.37. The number of aromatic nitrogens is 1. The van der Waals surface area contributed by atoms with Gasteiger partial charge in [0, 0.05) is 17.3 Å². The molecule has 0 unspecified atom stereocenters. The molecule has 0 bridgehead atoms. The molecule has 3 nitrogen and oxygen atoms in total. The maximum atomic E-state index is 9.84. The van der Waals surface area contributed by atoms with Crippen molar-refractivity contribution < 1.29 is 5.11 Å². The van der Waals surface area contributed by atoms with Gasteiger partial charge in [-0.2, -0.15) is 4.37 Å². The van der Waals surface area contributed by atoms with Gasteiger partial charge < -0.3 is 10.0 Å². The molecule has 1 aliphatic rings. The molecule has 1 aliphatic heterocycles. The van der Waals surface area contributed by atoms with E-state index in [1.54, 1.807) is 6.07 Å². The summed E-state index contributed by atoms with van der Waals surface area (Å²) < 4.78 is 5.53. The van der Waals surface area contributed by atoms with Crippen LogP contribution in [-0.4, -0.2) is 34.0 Å². The molecule has 2 atom stereocenters. The second-order valence-corrected chi connectivity index (χ2v) is 6.05. The zero-order valence-corrected chi connectivity index (χ0v) is 11.6. The normalized spacial score (nSPS) is 25.7. The third kappa shape index (κ3) is 1.89. The lowest BCUT2D eigenvalue weighted by atomic mass is 9.88. The number of rotatable bonds is 1. The molecule has 96 valence electrons. The van der Waals surface area contributed by atoms with E-state index in [4.69, 9.17) is 0 Å². The lowest BCUT2D eigenvalue weighted by Gasteiger charge is -2.34. The van der Waals surface area contributed by atoms with Gasteiger partial charge in [-0.1, -0.05) is 12.1 Å². The second kappa shape index (κ2) is 4.52. The molecule has 1 aromatic heterocycles. The standard InChI is InChI=1S/C14H18N2OS/c1-9-8-10(6-7-16(9)2)13-11-4-3-5-12(17)14(11)18-15-13/h3-5,9-10,17H,6-8H2,1-2H3/t9-,10-/m0/s1. The van der Waals surface area contributed by atoms with Crippen LogP contribution < -0.4 is 0 Å². The second-order valence-electron chi connectivity index (χ2n) is 5.27. The van der Waals surface area contributed by atoms with Crippen LogP contribution in [0.2, 0.25) is 0 Å². The highest BCUT2D eigenvalue weighted by atomic mass is 32.1. The zero-order valence-electron chi connectivity index (χ0n) is 10.8. The van der Waals surface area contributed by atoms with Gasteiger partial charge in [0.05, 0.1) is 10.4 Å². The molecule has 1 N–H and O–H groups in total. The summed E-state index contributed by atoms with van der Waals surface area (Å²) in [7, 11) is 2.19. The van der Waals surface area contributed by atoms with E-state index in [9.17, 15) is 5.11 Å². The number of hydrogen-bond acceptors (Lipinski definition) is 4. The Hall–Kier alpha value is -1.13. The summed E-state index contributed by atoms with van der Waals surface area (Å²) in [6.07, 6.45) is 2.32. The van der Waals surface area contributed by atoms with Crippen LogP contribution in [0.25, 0.3) is 10.1 Å². The number of phenolic OH excluding ortho intramolecular Hbond substituents is 1. The first-order valence-corrected chi connectivity index (χ1v) is 7.21. The molecule has 2 heterocycles. The van der Waals surface area contributed by atoms with Crippen molar-refractivity contribution in [1.29, 1.82) is 0 Å². The fraction of sp³-hybridized carbons (Fsp3) is 0.500. The maximum absolute atomic E-state index is 9.84. The number of phenols is 1. The van der Waals surface area contributed by atoms with E-state index in [1.165, 1.54) is 17.2 Å². The van der Waals surface area contributed by atoms with Crippen molar-refractivity contribution in [3.05, 3.63) is 23.9 Å². The van der Waals surface area contributed by atoms with Gasteiger partial charge in [-0.3, -0.25) is 0 Å². The Kier molecular flexibility index (Phi) is 2.99. The average molecular weight is 262 g/mol. The smallest absolute Gasteiger partial charge is 0.134 e. The number of nitrogens with zero attached hydrogens (tertiary/aromatic N) is 2. The van der Waals surface area contributed by atoms with Crippen molar-refractivity contribution in [3.8, 4) is 5.75 Å². The molecule has 3 rings (SSSR count). The monoisotopic (exact) mass is 262 g/mol. The first-order valence-electron chi connectivity index (χ1n) is 6.44. The SMILES string of the molecule is C[C@H]1C[C@@H](c2nsc3c(O)cccc23)CCN1C. The topological polar surface area (TPSA) is 36.4 Å². The summed E-state index contributed by atoms with van der Waals surface area (Å²) in [4.78, 5) is 2.41. The van der Waals surface area contributed by atoms with E-state index in [1.807, 2.05) is 6.07 Å². The highest BCUT2D eigenvalue weighted by Crippen LogP contribution is 2.38. The minimum absolute atomic E-state index is 0.359. The Morgan fingerprint density at radius 1 is 1.44 bits per heavy atom. The summed E-state index contributed by atoms with van der Waals surface area (Å²) in [6.45, 7) is 3.40. The summed E-state index contributed by atoms with van der Waals surface area (Å²) in [5, 5.41) is 11.0. The van der Waals surface area contributed by atoms with Gasteiger partial charge in [0.15, 0.2) is 0 Å². The number of benzene rings is 1. The fourth-order valence-corrected chi connectivity index (χ4v) is 3.67. The Labute approximate surface area is 111 Å². The number of likely N-dealkylation sites (tertiary alicyclic amines) is 1. The van der Waals surface area contributed by atoms with Gasteiger partial charge in [-0.15, -0.1) is 0 Å². The molecular formula is C14H18N2OS. The van der Waals surface area contributed by atoms with Crippen LogP contribution in [0.3, 0.4) is 0 Å². The molecule has 1 saturated heterocycles. The van der Waals surface area contributed by atoms with Gasteiger partial charge in [0.2, 0.25) is 0 Å². The van der Waals surface area contributed by atoms with Crippen LogP contribution in [0.4, 0.5) is 0 Å². The molecule has 0 spiro atoms. The Balaban J connectivity index is 1.98. The van der Waals surface area contributed by atoms with Crippen molar-refractivity contribution in [3.63, 3.8) is 0 Å². The van der Waals surface area contributed by atoms with E-state index in [0.717, 1.165) is 29.5 Å². The van der Waals surface area contributed by atoms with E-state index < -0.39 is 0 Å². The highest BCUT2D eigenvalue weighted by molar-refractivity contribution is 7.13. The molecule has 18 heavy (non-hydrogen) atoms. The van der Waals surface area contributed by atoms with Crippen LogP contribution in [0.5, 0.6) is 5.75 Å². The van der Waals surface area contributed by atoms with E-state index in [-0.39, 0.29) is 0 Å². The number of piperidine rings is 1. The van der Waals surface area contributed by atoms with E-state index >= 15 is 0 Å². The first-order chi connectivity index (χ1) is 8.66. The van der Waals surface area contributed by atoms with Crippen LogP contribution >= 0.6 is 11.5 Å². The van der Waals surface area contributed by atoms with Crippen LogP contribution in [-0.2, 0) is 0 Å². The van der Waals surface area contributed by atoms with Gasteiger partial charge in [0.1, 0.15) is 5.75 Å². The molecule has 1 fully saturated rings. The third-order valence-electron chi connectivity index (χ3n) is 4.10. The number of aromatic hydroxyl groups is 1. The van der Waals surface area contributed by atoms with Crippen LogP contribution in [0.1, 0.15) is 31.4 Å². The predicted octanol–water partition coefficient (Wildman–Crippen LogP) is 3.20. The molecule has 1 aromatic carbocycles. The molecule has 0 radical (unpaired) electrons. The number of hydrogen-bond donors (Lipinski definition) is 1. The Morgan fingerprint density at radius 3 is 3.06 bits per heavy atom. The van der Waals surface area contributed by atoms with Gasteiger partial charge in [-0.05, 0) is 51.0 Å². The van der Waals surface area contributed by atoms with Gasteiger partial charge >= 0.3 is 0 Å². The summed E-state index contributed by atoms with van der Waals surface area (Å²) in [5.74, 6) is 0.893. The first kappa shape index (κ1) is 11.9. The quantitative estimate of drug-likeness (QED) is 0.857. The zero-order chi connectivity index (χ0) is 12.7. The highest BCUT2D eigenvalue weighted by Gasteiger charge is 2.27. The molecular weight excluding hydrogens is 244 g/mol. The van der Waals surface area contributed by atoms with Crippen LogP contribution in [0.15, 0.2) is 18.2 Å². The molecule has 2 aromatic rings. The van der Waals surface area contributed by atoms with E-state index in [2.05, 4.69) is 29.3 Å². The van der Waals surface area contributed by atoms with Crippen molar-refractivity contribution in [2.45, 2.75) is 31.7 Å². The summed E-state index contributed by atoms with van der Waals surface area (Å²) in [6, 6.07) is 6.34. The molecule has 0 saturated carbocycles. The van der Waals surface area contributed by atoms with Crippen molar-refractivity contribution in [2.75, 3.05) is 13.6 Å². The predicted molar refractivity (Wildman–Crippen MR) is 75.4 cm³/mol. The maximum Gasteiger partial charge on any atom is 0.134 e. The Morgan fingerprint density at radius 2 is 2.28 bits per heavy atom. The van der Waals surface area contributed by atoms with Gasteiger partial charge in [0.25, 0.3) is 0 Å². The van der Waals surface area contributed by atoms with Crippen molar-refractivity contribution in [1.82, 2.24) is 9.27 Å². The fourth-order valence-electron chi connectivity index (χ4n) is 2.80. The minimum Gasteiger partial charge on any atom is -0.506 e. The van der Waals surface area contributed by atoms with Gasteiger partial charge in [-0.25, -0.2) is 0 Å². The molecule has 0 amide bonds. The summed E-state index contributed by atoms with van der Waals surface area (Å²) >= 11 is 1.42. The number of fused-ring (bicyclic) bond motifs is 1. The summed E-state index contributed by atoms with van der Waals surface area (Å²) in [5.41, 5.74) is 1.19. The minimum atomic E-state index is 0.359. The third-order valence-corrected chi connectivity index (χ3v) is 5.00. The van der Waals surface area contributed by atoms with Crippen molar-refractivity contribution >= 4 is 21.6 Å².